The first-order chi connectivity index (χ1) is 6.75. The van der Waals surface area contributed by atoms with Crippen LogP contribution >= 0.6 is 0 Å². The number of aromatic nitrogens is 2. The van der Waals surface area contributed by atoms with Crippen LogP contribution in [0.15, 0.2) is 12.3 Å². The van der Waals surface area contributed by atoms with E-state index in [1.54, 1.807) is 6.20 Å². The second-order valence-electron chi connectivity index (χ2n) is 3.83. The summed E-state index contributed by atoms with van der Waals surface area (Å²) in [6.07, 6.45) is 3.45. The number of aryl methyl sites for hydroxylation is 1. The van der Waals surface area contributed by atoms with Gasteiger partial charge >= 0.3 is 0 Å². The van der Waals surface area contributed by atoms with Gasteiger partial charge < -0.3 is 10.0 Å². The van der Waals surface area contributed by atoms with Gasteiger partial charge in [0.25, 0.3) is 0 Å². The van der Waals surface area contributed by atoms with Crippen molar-refractivity contribution in [2.24, 2.45) is 0 Å². The summed E-state index contributed by atoms with van der Waals surface area (Å²) in [5.74, 6) is 0.878. The monoisotopic (exact) mass is 193 g/mol. The van der Waals surface area contributed by atoms with Crippen LogP contribution in [0.2, 0.25) is 0 Å². The van der Waals surface area contributed by atoms with Gasteiger partial charge in [-0.3, -0.25) is 0 Å². The maximum atomic E-state index is 9.52. The van der Waals surface area contributed by atoms with Crippen LogP contribution in [0.3, 0.4) is 0 Å². The summed E-state index contributed by atoms with van der Waals surface area (Å²) in [5, 5.41) is 17.5. The summed E-state index contributed by atoms with van der Waals surface area (Å²) in [6, 6.07) is 2.00. The number of piperidine rings is 1. The second kappa shape index (κ2) is 3.92. The average molecular weight is 193 g/mol. The largest absolute Gasteiger partial charge is 0.391 e. The van der Waals surface area contributed by atoms with E-state index in [0.717, 1.165) is 30.8 Å². The molecule has 1 aromatic heterocycles. The topological polar surface area (TPSA) is 49.2 Å². The first-order valence-electron chi connectivity index (χ1n) is 4.98. The average Bonchev–Trinajstić information content (AvgIpc) is 2.18. The minimum Gasteiger partial charge on any atom is -0.391 e. The van der Waals surface area contributed by atoms with E-state index < -0.39 is 0 Å². The summed E-state index contributed by atoms with van der Waals surface area (Å²) < 4.78 is 0. The molecule has 1 atom stereocenters. The van der Waals surface area contributed by atoms with Crippen LogP contribution in [-0.4, -0.2) is 34.5 Å². The summed E-state index contributed by atoms with van der Waals surface area (Å²) in [4.78, 5) is 2.09. The van der Waals surface area contributed by atoms with Crippen molar-refractivity contribution in [3.63, 3.8) is 0 Å². The Morgan fingerprint density at radius 2 is 2.43 bits per heavy atom. The molecule has 1 N–H and O–H groups in total. The molecule has 4 nitrogen and oxygen atoms in total. The van der Waals surface area contributed by atoms with E-state index >= 15 is 0 Å². The number of hydrogen-bond donors (Lipinski definition) is 1. The predicted molar refractivity (Wildman–Crippen MR) is 54.2 cm³/mol. The van der Waals surface area contributed by atoms with Crippen LogP contribution in [-0.2, 0) is 0 Å². The third-order valence-corrected chi connectivity index (χ3v) is 2.50. The Bertz CT molecular complexity index is 316. The van der Waals surface area contributed by atoms with Gasteiger partial charge in [0.2, 0.25) is 0 Å². The molecule has 1 aliphatic heterocycles. The number of aliphatic hydroxyl groups is 1. The van der Waals surface area contributed by atoms with Gasteiger partial charge in [-0.25, -0.2) is 0 Å². The fourth-order valence-corrected chi connectivity index (χ4v) is 1.77. The number of nitrogens with zero attached hydrogens (tertiary/aromatic N) is 3. The Kier molecular flexibility index (Phi) is 2.63. The molecule has 1 aliphatic rings. The van der Waals surface area contributed by atoms with E-state index in [2.05, 4.69) is 15.1 Å². The quantitative estimate of drug-likeness (QED) is 0.715. The molecule has 0 amide bonds. The van der Waals surface area contributed by atoms with Crippen molar-refractivity contribution in [3.8, 4) is 0 Å². The molecule has 0 radical (unpaired) electrons. The van der Waals surface area contributed by atoms with Crippen LogP contribution in [0, 0.1) is 6.92 Å². The molecule has 1 saturated heterocycles. The number of hydrogen-bond acceptors (Lipinski definition) is 4. The highest BCUT2D eigenvalue weighted by Crippen LogP contribution is 2.17. The van der Waals surface area contributed by atoms with Crippen molar-refractivity contribution in [3.05, 3.63) is 17.8 Å². The van der Waals surface area contributed by atoms with Crippen LogP contribution < -0.4 is 4.90 Å². The summed E-state index contributed by atoms with van der Waals surface area (Å²) in [7, 11) is 0. The van der Waals surface area contributed by atoms with Crippen molar-refractivity contribution in [2.75, 3.05) is 18.0 Å². The van der Waals surface area contributed by atoms with E-state index in [-0.39, 0.29) is 6.10 Å². The molecule has 1 aromatic rings. The number of β-amino-alcohol motifs (C(OH)–C–C–N with tert-alkyl or cyclic N) is 1. The highest BCUT2D eigenvalue weighted by atomic mass is 16.3. The van der Waals surface area contributed by atoms with Gasteiger partial charge in [-0.1, -0.05) is 0 Å². The maximum absolute atomic E-state index is 9.52. The standard InChI is InChI=1S/C10H15N3O/c1-8-5-10(12-11-6-8)13-4-2-3-9(14)7-13/h5-6,9,14H,2-4,7H2,1H3/t9-/m0/s1. The zero-order valence-corrected chi connectivity index (χ0v) is 8.35. The minimum atomic E-state index is -0.217. The van der Waals surface area contributed by atoms with Crippen molar-refractivity contribution in [1.82, 2.24) is 10.2 Å². The molecule has 14 heavy (non-hydrogen) atoms. The van der Waals surface area contributed by atoms with Crippen LogP contribution in [0.4, 0.5) is 5.82 Å². The molecule has 76 valence electrons. The predicted octanol–water partition coefficient (Wildman–Crippen LogP) is 0.746. The lowest BCUT2D eigenvalue weighted by Crippen LogP contribution is -2.38. The Morgan fingerprint density at radius 3 is 3.14 bits per heavy atom. The molecule has 4 heteroatoms. The first kappa shape index (κ1) is 9.40. The Labute approximate surface area is 83.6 Å². The third kappa shape index (κ3) is 2.01. The van der Waals surface area contributed by atoms with E-state index in [0.29, 0.717) is 6.54 Å². The summed E-state index contributed by atoms with van der Waals surface area (Å²) in [5.41, 5.74) is 1.11. The zero-order chi connectivity index (χ0) is 9.97. The lowest BCUT2D eigenvalue weighted by atomic mass is 10.1. The van der Waals surface area contributed by atoms with Gasteiger partial charge in [-0.15, -0.1) is 5.10 Å². The fourth-order valence-electron chi connectivity index (χ4n) is 1.77. The van der Waals surface area contributed by atoms with Crippen LogP contribution in [0.5, 0.6) is 0 Å². The lowest BCUT2D eigenvalue weighted by Gasteiger charge is -2.30. The van der Waals surface area contributed by atoms with Gasteiger partial charge in [-0.2, -0.15) is 5.10 Å². The highest BCUT2D eigenvalue weighted by Gasteiger charge is 2.18. The van der Waals surface area contributed by atoms with E-state index in [9.17, 15) is 5.11 Å². The molecule has 0 spiro atoms. The van der Waals surface area contributed by atoms with Crippen molar-refractivity contribution >= 4 is 5.82 Å². The van der Waals surface area contributed by atoms with Crippen LogP contribution in [0.1, 0.15) is 18.4 Å². The number of aliphatic hydroxyl groups excluding tert-OH is 1. The van der Waals surface area contributed by atoms with Gasteiger partial charge in [0.1, 0.15) is 0 Å². The Balaban J connectivity index is 2.14. The fraction of sp³-hybridized carbons (Fsp3) is 0.600. The number of anilines is 1. The lowest BCUT2D eigenvalue weighted by molar-refractivity contribution is 0.154. The molecule has 2 heterocycles. The Morgan fingerprint density at radius 1 is 1.57 bits per heavy atom. The van der Waals surface area contributed by atoms with E-state index in [1.165, 1.54) is 0 Å². The first-order valence-corrected chi connectivity index (χ1v) is 4.98. The summed E-state index contributed by atoms with van der Waals surface area (Å²) in [6.45, 7) is 3.64. The molecule has 2 rings (SSSR count). The number of rotatable bonds is 1. The Hall–Kier alpha value is -1.16. The molecule has 0 aliphatic carbocycles. The van der Waals surface area contributed by atoms with E-state index in [4.69, 9.17) is 0 Å². The van der Waals surface area contributed by atoms with Crippen molar-refractivity contribution in [1.29, 1.82) is 0 Å². The van der Waals surface area contributed by atoms with Gasteiger partial charge in [0, 0.05) is 13.1 Å². The van der Waals surface area contributed by atoms with E-state index in [1.807, 2.05) is 13.0 Å². The maximum Gasteiger partial charge on any atom is 0.151 e. The molecule has 0 saturated carbocycles. The molecule has 1 fully saturated rings. The van der Waals surface area contributed by atoms with Gasteiger partial charge in [-0.05, 0) is 31.4 Å². The third-order valence-electron chi connectivity index (χ3n) is 2.50. The minimum absolute atomic E-state index is 0.217. The van der Waals surface area contributed by atoms with Crippen molar-refractivity contribution < 1.29 is 5.11 Å². The molecular weight excluding hydrogens is 178 g/mol. The SMILES string of the molecule is Cc1cnnc(N2CCC[C@H](O)C2)c1. The van der Waals surface area contributed by atoms with Gasteiger partial charge in [0.05, 0.1) is 12.3 Å². The highest BCUT2D eigenvalue weighted by molar-refractivity contribution is 5.39. The van der Waals surface area contributed by atoms with Crippen LogP contribution in [0.25, 0.3) is 0 Å². The smallest absolute Gasteiger partial charge is 0.151 e. The zero-order valence-electron chi connectivity index (χ0n) is 8.35. The normalized spacial score (nSPS) is 22.4. The summed E-state index contributed by atoms with van der Waals surface area (Å²) >= 11 is 0. The molecule has 0 unspecified atom stereocenters. The van der Waals surface area contributed by atoms with Crippen molar-refractivity contribution in [2.45, 2.75) is 25.9 Å². The van der Waals surface area contributed by atoms with Gasteiger partial charge in [0.15, 0.2) is 5.82 Å². The molecular formula is C10H15N3O. The molecule has 0 bridgehead atoms. The second-order valence-corrected chi connectivity index (χ2v) is 3.83. The molecule has 0 aromatic carbocycles.